The summed E-state index contributed by atoms with van der Waals surface area (Å²) in [6.07, 6.45) is 1.50. The lowest BCUT2D eigenvalue weighted by atomic mass is 10.2. The predicted octanol–water partition coefficient (Wildman–Crippen LogP) is 1.50. The number of rotatable bonds is 4. The lowest BCUT2D eigenvalue weighted by molar-refractivity contribution is -0.142. The number of aliphatic hydroxyl groups excluding tert-OH is 1. The molecule has 0 aliphatic carbocycles. The van der Waals surface area contributed by atoms with Gasteiger partial charge in [-0.1, -0.05) is 0 Å². The lowest BCUT2D eigenvalue weighted by Crippen LogP contribution is -2.20. The fraction of sp³-hybridized carbons (Fsp3) is 0.889. The van der Waals surface area contributed by atoms with E-state index >= 15 is 0 Å². The number of carbonyl (C=O) groups excluding carboxylic acids is 1. The third kappa shape index (κ3) is 4.57. The van der Waals surface area contributed by atoms with Crippen LogP contribution in [0, 0.1) is 0 Å². The summed E-state index contributed by atoms with van der Waals surface area (Å²) < 4.78 is 4.95. The van der Waals surface area contributed by atoms with E-state index in [2.05, 4.69) is 4.74 Å². The van der Waals surface area contributed by atoms with Crippen LogP contribution in [0.3, 0.4) is 0 Å². The van der Waals surface area contributed by atoms with Gasteiger partial charge in [-0.2, -0.15) is 0 Å². The van der Waals surface area contributed by atoms with Crippen molar-refractivity contribution in [1.82, 2.24) is 0 Å². The number of ether oxygens (including phenoxy) is 1. The third-order valence-electron chi connectivity index (χ3n) is 1.99. The highest BCUT2D eigenvalue weighted by Crippen LogP contribution is 2.33. The highest BCUT2D eigenvalue weighted by molar-refractivity contribution is 8.17. The largest absolute Gasteiger partial charge is 0.469 e. The Labute approximate surface area is 93.0 Å². The first-order valence-corrected chi connectivity index (χ1v) is 6.80. The molecule has 1 rings (SSSR count). The average molecular weight is 236 g/mol. The maximum atomic E-state index is 10.9. The molecule has 3 nitrogen and oxygen atoms in total. The molecule has 82 valence electrons. The molecule has 0 saturated carbocycles. The second kappa shape index (κ2) is 6.58. The monoisotopic (exact) mass is 236 g/mol. The normalized spacial score (nSPS) is 20.4. The second-order valence-corrected chi connectivity index (χ2v) is 6.11. The minimum atomic E-state index is -0.550. The van der Waals surface area contributed by atoms with Gasteiger partial charge in [-0.05, 0) is 24.3 Å². The van der Waals surface area contributed by atoms with Gasteiger partial charge in [0, 0.05) is 0 Å². The summed E-state index contributed by atoms with van der Waals surface area (Å²) in [5.74, 6) is 2.01. The maximum absolute atomic E-state index is 10.9. The van der Waals surface area contributed by atoms with Gasteiger partial charge in [0.25, 0.3) is 0 Å². The van der Waals surface area contributed by atoms with Crippen LogP contribution in [-0.4, -0.2) is 40.4 Å². The summed E-state index contributed by atoms with van der Waals surface area (Å²) in [6.45, 7) is 0. The Morgan fingerprint density at radius 1 is 1.57 bits per heavy atom. The van der Waals surface area contributed by atoms with Gasteiger partial charge in [0.2, 0.25) is 0 Å². The number of esters is 1. The molecule has 1 saturated heterocycles. The van der Waals surface area contributed by atoms with Crippen LogP contribution in [0.1, 0.15) is 19.3 Å². The van der Waals surface area contributed by atoms with Gasteiger partial charge in [0.1, 0.15) is 0 Å². The lowest BCUT2D eigenvalue weighted by Gasteiger charge is -2.22. The first kappa shape index (κ1) is 12.2. The Balaban J connectivity index is 2.18. The summed E-state index contributed by atoms with van der Waals surface area (Å²) in [4.78, 5) is 10.9. The van der Waals surface area contributed by atoms with Crippen LogP contribution in [0.25, 0.3) is 0 Å². The van der Waals surface area contributed by atoms with Crippen molar-refractivity contribution in [1.29, 1.82) is 0 Å². The molecule has 0 radical (unpaired) electrons. The van der Waals surface area contributed by atoms with Crippen LogP contribution in [0.4, 0.5) is 0 Å². The highest BCUT2D eigenvalue weighted by Gasteiger charge is 2.20. The topological polar surface area (TPSA) is 46.5 Å². The summed E-state index contributed by atoms with van der Waals surface area (Å²) >= 11 is 3.75. The number of methoxy groups -OCH3 is 1. The third-order valence-corrected chi connectivity index (χ3v) is 4.98. The van der Waals surface area contributed by atoms with Gasteiger partial charge < -0.3 is 9.84 Å². The standard InChI is InChI=1S/C9H16O3S2/c1-12-8(11)5-7(10)6-9-13-3-2-4-14-9/h7,9-10H,2-6H2,1H3. The molecule has 0 amide bonds. The van der Waals surface area contributed by atoms with Crippen molar-refractivity contribution in [3.8, 4) is 0 Å². The number of hydrogen-bond acceptors (Lipinski definition) is 5. The molecular weight excluding hydrogens is 220 g/mol. The first-order valence-electron chi connectivity index (χ1n) is 4.70. The Kier molecular flexibility index (Phi) is 5.74. The van der Waals surface area contributed by atoms with Crippen molar-refractivity contribution in [2.75, 3.05) is 18.6 Å². The van der Waals surface area contributed by atoms with Crippen molar-refractivity contribution in [3.05, 3.63) is 0 Å². The number of thioether (sulfide) groups is 2. The average Bonchev–Trinajstić information content (AvgIpc) is 2.19. The van der Waals surface area contributed by atoms with E-state index in [4.69, 9.17) is 0 Å². The van der Waals surface area contributed by atoms with E-state index in [0.29, 0.717) is 11.0 Å². The van der Waals surface area contributed by atoms with Gasteiger partial charge >= 0.3 is 5.97 Å². The molecule has 14 heavy (non-hydrogen) atoms. The zero-order valence-electron chi connectivity index (χ0n) is 8.27. The van der Waals surface area contributed by atoms with Crippen LogP contribution in [0.15, 0.2) is 0 Å². The van der Waals surface area contributed by atoms with Gasteiger partial charge in [0.05, 0.1) is 24.2 Å². The van der Waals surface area contributed by atoms with Crippen LogP contribution >= 0.6 is 23.5 Å². The zero-order valence-corrected chi connectivity index (χ0v) is 9.90. The van der Waals surface area contributed by atoms with Gasteiger partial charge in [-0.25, -0.2) is 0 Å². The van der Waals surface area contributed by atoms with Crippen molar-refractivity contribution in [2.24, 2.45) is 0 Å². The number of carbonyl (C=O) groups is 1. The smallest absolute Gasteiger partial charge is 0.308 e. The molecule has 1 atom stereocenters. The number of aliphatic hydroxyl groups is 1. The van der Waals surface area contributed by atoms with E-state index in [1.54, 1.807) is 0 Å². The van der Waals surface area contributed by atoms with E-state index in [9.17, 15) is 9.90 Å². The quantitative estimate of drug-likeness (QED) is 0.749. The van der Waals surface area contributed by atoms with Crippen molar-refractivity contribution < 1.29 is 14.6 Å². The molecule has 0 aromatic carbocycles. The molecule has 5 heteroatoms. The minimum absolute atomic E-state index is 0.119. The molecule has 1 fully saturated rings. The molecular formula is C9H16O3S2. The van der Waals surface area contributed by atoms with Gasteiger partial charge in [0.15, 0.2) is 0 Å². The molecule has 1 N–H and O–H groups in total. The first-order chi connectivity index (χ1) is 6.72. The zero-order chi connectivity index (χ0) is 10.4. The Hall–Kier alpha value is 0.130. The molecule has 1 heterocycles. The Bertz CT molecular complexity index is 181. The van der Waals surface area contributed by atoms with Gasteiger partial charge in [-0.3, -0.25) is 4.79 Å². The van der Waals surface area contributed by atoms with Crippen molar-refractivity contribution in [2.45, 2.75) is 29.9 Å². The van der Waals surface area contributed by atoms with Crippen LogP contribution in [-0.2, 0) is 9.53 Å². The van der Waals surface area contributed by atoms with Crippen molar-refractivity contribution in [3.63, 3.8) is 0 Å². The van der Waals surface area contributed by atoms with Crippen LogP contribution < -0.4 is 0 Å². The van der Waals surface area contributed by atoms with E-state index < -0.39 is 6.10 Å². The molecule has 0 spiro atoms. The second-order valence-electron chi connectivity index (χ2n) is 3.19. The molecule has 1 aliphatic heterocycles. The Morgan fingerprint density at radius 3 is 2.79 bits per heavy atom. The molecule has 0 aromatic rings. The summed E-state index contributed by atoms with van der Waals surface area (Å²) in [7, 11) is 1.35. The van der Waals surface area contributed by atoms with Crippen LogP contribution in [0.5, 0.6) is 0 Å². The van der Waals surface area contributed by atoms with E-state index in [1.807, 2.05) is 23.5 Å². The molecule has 0 aromatic heterocycles. The number of hydrogen-bond donors (Lipinski definition) is 1. The molecule has 1 unspecified atom stereocenters. The van der Waals surface area contributed by atoms with E-state index in [0.717, 1.165) is 0 Å². The predicted molar refractivity (Wildman–Crippen MR) is 60.6 cm³/mol. The molecule has 0 bridgehead atoms. The fourth-order valence-electron chi connectivity index (χ4n) is 1.25. The SMILES string of the molecule is COC(=O)CC(O)CC1SCCCS1. The molecule has 1 aliphatic rings. The maximum Gasteiger partial charge on any atom is 0.308 e. The fourth-order valence-corrected chi connectivity index (χ4v) is 4.26. The van der Waals surface area contributed by atoms with Crippen LogP contribution in [0.2, 0.25) is 0 Å². The highest BCUT2D eigenvalue weighted by atomic mass is 32.2. The van der Waals surface area contributed by atoms with E-state index in [1.165, 1.54) is 25.0 Å². The summed E-state index contributed by atoms with van der Waals surface area (Å²) in [5.41, 5.74) is 0. The Morgan fingerprint density at radius 2 is 2.21 bits per heavy atom. The van der Waals surface area contributed by atoms with Gasteiger partial charge in [-0.15, -0.1) is 23.5 Å². The van der Waals surface area contributed by atoms with Crippen molar-refractivity contribution >= 4 is 29.5 Å². The minimum Gasteiger partial charge on any atom is -0.469 e. The summed E-state index contributed by atoms with van der Waals surface area (Å²) in [5, 5.41) is 9.58. The van der Waals surface area contributed by atoms with E-state index in [-0.39, 0.29) is 12.4 Å². The summed E-state index contributed by atoms with van der Waals surface area (Å²) in [6, 6.07) is 0.